The summed E-state index contributed by atoms with van der Waals surface area (Å²) in [7, 11) is -0.384. The number of nitrogens with zero attached hydrogens (tertiary/aromatic N) is 5. The number of aromatic carboxylic acids is 1. The minimum atomic E-state index is -3.42. The Bertz CT molecular complexity index is 948. The van der Waals surface area contributed by atoms with Crippen LogP contribution < -0.4 is 0 Å². The fourth-order valence-electron chi connectivity index (χ4n) is 3.12. The molecule has 1 aliphatic heterocycles. The van der Waals surface area contributed by atoms with Crippen LogP contribution in [0.5, 0.6) is 0 Å². The number of hydrogen-bond acceptors (Lipinski definition) is 6. The molecule has 0 spiro atoms. The van der Waals surface area contributed by atoms with Crippen LogP contribution >= 0.6 is 0 Å². The van der Waals surface area contributed by atoms with Crippen LogP contribution in [0.3, 0.4) is 0 Å². The van der Waals surface area contributed by atoms with Gasteiger partial charge in [-0.1, -0.05) is 0 Å². The molecular formula is C17H21N5O4S. The summed E-state index contributed by atoms with van der Waals surface area (Å²) in [4.78, 5) is 23.9. The standard InChI is InChI=1S/C17H21N5O4S/c1-21(2)27(25,26)22-6-3-12(11-22)7-15-16(20-5-4-19-15)13-8-14(17(23)24)10-18-9-13/h4-5,8-10,12H,3,6-7,11H2,1-2H3,(H,23,24)/t12-/m1/s1. The van der Waals surface area contributed by atoms with Crippen molar-refractivity contribution in [1.82, 2.24) is 23.6 Å². The molecule has 1 atom stereocenters. The summed E-state index contributed by atoms with van der Waals surface area (Å²) in [6.07, 6.45) is 7.25. The van der Waals surface area contributed by atoms with E-state index >= 15 is 0 Å². The summed E-state index contributed by atoms with van der Waals surface area (Å²) in [6, 6.07) is 1.51. The number of aromatic nitrogens is 3. The topological polar surface area (TPSA) is 117 Å². The molecule has 0 bridgehead atoms. The van der Waals surface area contributed by atoms with Gasteiger partial charge in [0.1, 0.15) is 0 Å². The maximum absolute atomic E-state index is 12.3. The molecule has 1 fully saturated rings. The van der Waals surface area contributed by atoms with Gasteiger partial charge in [0.15, 0.2) is 0 Å². The lowest BCUT2D eigenvalue weighted by Crippen LogP contribution is -2.38. The van der Waals surface area contributed by atoms with Crippen molar-refractivity contribution in [2.45, 2.75) is 12.8 Å². The Kier molecular flexibility index (Phi) is 5.49. The van der Waals surface area contributed by atoms with E-state index in [9.17, 15) is 13.2 Å². The fraction of sp³-hybridized carbons (Fsp3) is 0.412. The zero-order valence-electron chi connectivity index (χ0n) is 15.1. The van der Waals surface area contributed by atoms with Crippen LogP contribution in [0.25, 0.3) is 11.3 Å². The summed E-state index contributed by atoms with van der Waals surface area (Å²) < 4.78 is 27.2. The second kappa shape index (κ2) is 7.67. The van der Waals surface area contributed by atoms with E-state index in [-0.39, 0.29) is 11.5 Å². The van der Waals surface area contributed by atoms with E-state index in [4.69, 9.17) is 5.11 Å². The van der Waals surface area contributed by atoms with Crippen molar-refractivity contribution < 1.29 is 18.3 Å². The summed E-state index contributed by atoms with van der Waals surface area (Å²) in [5.74, 6) is -0.944. The lowest BCUT2D eigenvalue weighted by Gasteiger charge is -2.21. The largest absolute Gasteiger partial charge is 0.478 e. The van der Waals surface area contributed by atoms with E-state index in [0.717, 1.165) is 6.42 Å². The minimum absolute atomic E-state index is 0.0771. The van der Waals surface area contributed by atoms with Crippen LogP contribution in [0.2, 0.25) is 0 Å². The van der Waals surface area contributed by atoms with Crippen LogP contribution in [-0.2, 0) is 16.6 Å². The normalized spacial score (nSPS) is 18.1. The average Bonchev–Trinajstić information content (AvgIpc) is 3.11. The molecule has 2 aromatic heterocycles. The SMILES string of the molecule is CN(C)S(=O)(=O)N1CC[C@H](Cc2nccnc2-c2cncc(C(=O)O)c2)C1. The molecule has 1 aliphatic rings. The Morgan fingerprint density at radius 2 is 2.04 bits per heavy atom. The molecule has 0 saturated carbocycles. The first-order valence-electron chi connectivity index (χ1n) is 8.45. The Labute approximate surface area is 157 Å². The molecule has 9 nitrogen and oxygen atoms in total. The Hall–Kier alpha value is -2.43. The molecule has 3 rings (SSSR count). The zero-order chi connectivity index (χ0) is 19.6. The van der Waals surface area contributed by atoms with Crippen LogP contribution in [-0.4, -0.2) is 70.2 Å². The monoisotopic (exact) mass is 391 g/mol. The van der Waals surface area contributed by atoms with Gasteiger partial charge in [0.25, 0.3) is 10.2 Å². The molecule has 2 aromatic rings. The van der Waals surface area contributed by atoms with Gasteiger partial charge in [-0.25, -0.2) is 4.79 Å². The van der Waals surface area contributed by atoms with Gasteiger partial charge >= 0.3 is 5.97 Å². The van der Waals surface area contributed by atoms with E-state index in [0.29, 0.717) is 36.5 Å². The second-order valence-corrected chi connectivity index (χ2v) is 8.77. The van der Waals surface area contributed by atoms with Crippen LogP contribution in [0.1, 0.15) is 22.5 Å². The summed E-state index contributed by atoms with van der Waals surface area (Å²) in [6.45, 7) is 0.890. The lowest BCUT2D eigenvalue weighted by molar-refractivity contribution is 0.0696. The lowest BCUT2D eigenvalue weighted by atomic mass is 9.99. The highest BCUT2D eigenvalue weighted by molar-refractivity contribution is 7.86. The predicted octanol–water partition coefficient (Wildman–Crippen LogP) is 0.908. The van der Waals surface area contributed by atoms with E-state index in [1.807, 2.05) is 0 Å². The van der Waals surface area contributed by atoms with E-state index < -0.39 is 16.2 Å². The molecule has 1 N–H and O–H groups in total. The van der Waals surface area contributed by atoms with Crippen molar-refractivity contribution >= 4 is 16.2 Å². The molecule has 0 aromatic carbocycles. The third kappa shape index (κ3) is 4.12. The third-order valence-electron chi connectivity index (χ3n) is 4.55. The molecule has 0 amide bonds. The summed E-state index contributed by atoms with van der Waals surface area (Å²) >= 11 is 0. The van der Waals surface area contributed by atoms with Crippen molar-refractivity contribution in [1.29, 1.82) is 0 Å². The highest BCUT2D eigenvalue weighted by Gasteiger charge is 2.33. The van der Waals surface area contributed by atoms with Gasteiger partial charge in [-0.3, -0.25) is 15.0 Å². The first kappa shape index (κ1) is 19.3. The second-order valence-electron chi connectivity index (χ2n) is 6.63. The molecule has 0 aliphatic carbocycles. The maximum Gasteiger partial charge on any atom is 0.337 e. The van der Waals surface area contributed by atoms with Crippen LogP contribution in [0.4, 0.5) is 0 Å². The van der Waals surface area contributed by atoms with Crippen molar-refractivity contribution in [3.05, 3.63) is 42.1 Å². The molecule has 27 heavy (non-hydrogen) atoms. The molecule has 144 valence electrons. The van der Waals surface area contributed by atoms with Crippen molar-refractivity contribution in [2.75, 3.05) is 27.2 Å². The highest BCUT2D eigenvalue weighted by atomic mass is 32.2. The van der Waals surface area contributed by atoms with Crippen molar-refractivity contribution in [2.24, 2.45) is 5.92 Å². The zero-order valence-corrected chi connectivity index (χ0v) is 15.9. The molecule has 3 heterocycles. The third-order valence-corrected chi connectivity index (χ3v) is 6.46. The highest BCUT2D eigenvalue weighted by Crippen LogP contribution is 2.27. The van der Waals surface area contributed by atoms with Gasteiger partial charge < -0.3 is 5.11 Å². The average molecular weight is 391 g/mol. The van der Waals surface area contributed by atoms with Gasteiger partial charge in [0.2, 0.25) is 0 Å². The first-order valence-corrected chi connectivity index (χ1v) is 9.85. The van der Waals surface area contributed by atoms with Crippen LogP contribution in [0, 0.1) is 5.92 Å². The number of rotatable bonds is 6. The minimum Gasteiger partial charge on any atom is -0.478 e. The first-order chi connectivity index (χ1) is 12.8. The van der Waals surface area contributed by atoms with Gasteiger partial charge in [-0.15, -0.1) is 0 Å². The molecular weight excluding hydrogens is 370 g/mol. The molecule has 0 radical (unpaired) electrons. The van der Waals surface area contributed by atoms with E-state index in [2.05, 4.69) is 15.0 Å². The predicted molar refractivity (Wildman–Crippen MR) is 98.2 cm³/mol. The van der Waals surface area contributed by atoms with Crippen molar-refractivity contribution in [3.63, 3.8) is 0 Å². The van der Waals surface area contributed by atoms with E-state index in [1.165, 1.54) is 35.0 Å². The molecule has 0 unspecified atom stereocenters. The number of pyridine rings is 1. The maximum atomic E-state index is 12.3. The van der Waals surface area contributed by atoms with Gasteiger partial charge in [-0.05, 0) is 24.8 Å². The Morgan fingerprint density at radius 1 is 1.30 bits per heavy atom. The van der Waals surface area contributed by atoms with Gasteiger partial charge in [0, 0.05) is 57.5 Å². The number of carboxylic acids is 1. The smallest absolute Gasteiger partial charge is 0.337 e. The summed E-state index contributed by atoms with van der Waals surface area (Å²) in [5, 5.41) is 9.16. The Morgan fingerprint density at radius 3 is 2.74 bits per heavy atom. The van der Waals surface area contributed by atoms with Gasteiger partial charge in [-0.2, -0.15) is 17.0 Å². The van der Waals surface area contributed by atoms with Crippen LogP contribution in [0.15, 0.2) is 30.9 Å². The molecule has 10 heteroatoms. The quantitative estimate of drug-likeness (QED) is 0.778. The number of carboxylic acid groups (broad SMARTS) is 1. The van der Waals surface area contributed by atoms with Crippen molar-refractivity contribution in [3.8, 4) is 11.3 Å². The molecule has 1 saturated heterocycles. The van der Waals surface area contributed by atoms with Gasteiger partial charge in [0.05, 0.1) is 17.0 Å². The number of carbonyl (C=O) groups is 1. The summed E-state index contributed by atoms with van der Waals surface area (Å²) in [5.41, 5.74) is 1.93. The number of hydrogen-bond donors (Lipinski definition) is 1. The Balaban J connectivity index is 1.82. The van der Waals surface area contributed by atoms with E-state index in [1.54, 1.807) is 18.6 Å². The fourth-order valence-corrected chi connectivity index (χ4v) is 4.32.